The maximum Gasteiger partial charge on any atom is 0.306 e. The van der Waals surface area contributed by atoms with Crippen molar-refractivity contribution in [2.75, 3.05) is 13.2 Å². The first kappa shape index (κ1) is 70.8. The number of carbonyl (C=O) groups excluding carboxylic acids is 3. The van der Waals surface area contributed by atoms with E-state index in [1.807, 2.05) is 0 Å². The van der Waals surface area contributed by atoms with Crippen molar-refractivity contribution in [1.82, 2.24) is 0 Å². The van der Waals surface area contributed by atoms with Crippen LogP contribution in [0.25, 0.3) is 0 Å². The van der Waals surface area contributed by atoms with Crippen molar-refractivity contribution in [2.45, 2.75) is 329 Å². The lowest BCUT2D eigenvalue weighted by atomic mass is 10.0. The molecular weight excluding hydrogens is 913 g/mol. The van der Waals surface area contributed by atoms with E-state index in [1.54, 1.807) is 0 Å². The molecule has 6 heteroatoms. The maximum atomic E-state index is 12.9. The van der Waals surface area contributed by atoms with E-state index in [-0.39, 0.29) is 31.1 Å². The van der Waals surface area contributed by atoms with Crippen LogP contribution in [0.15, 0.2) is 72.9 Å². The van der Waals surface area contributed by atoms with E-state index in [2.05, 4.69) is 93.7 Å². The lowest BCUT2D eigenvalue weighted by molar-refractivity contribution is -0.167. The van der Waals surface area contributed by atoms with Crippen LogP contribution in [0.2, 0.25) is 0 Å². The van der Waals surface area contributed by atoms with E-state index < -0.39 is 6.10 Å². The highest BCUT2D eigenvalue weighted by Gasteiger charge is 2.19. The maximum absolute atomic E-state index is 12.9. The van der Waals surface area contributed by atoms with Gasteiger partial charge < -0.3 is 14.2 Å². The Morgan fingerprint density at radius 3 is 0.824 bits per heavy atom. The van der Waals surface area contributed by atoms with Crippen molar-refractivity contribution in [3.05, 3.63) is 72.9 Å². The molecule has 0 aromatic carbocycles. The smallest absolute Gasteiger partial charge is 0.306 e. The minimum Gasteiger partial charge on any atom is -0.462 e. The lowest BCUT2D eigenvalue weighted by Crippen LogP contribution is -2.30. The average Bonchev–Trinajstić information content (AvgIpc) is 3.40. The number of unbranched alkanes of at least 4 members (excludes halogenated alkanes) is 35. The Morgan fingerprint density at radius 1 is 0.284 bits per heavy atom. The summed E-state index contributed by atoms with van der Waals surface area (Å²) in [5.41, 5.74) is 0. The van der Waals surface area contributed by atoms with Crippen LogP contribution < -0.4 is 0 Å². The quantitative estimate of drug-likeness (QED) is 0.0261. The van der Waals surface area contributed by atoms with E-state index in [0.29, 0.717) is 19.3 Å². The molecule has 0 saturated heterocycles. The average molecular weight is 1030 g/mol. The van der Waals surface area contributed by atoms with Crippen molar-refractivity contribution in [1.29, 1.82) is 0 Å². The monoisotopic (exact) mass is 1030 g/mol. The normalized spacial score (nSPS) is 12.5. The standard InChI is InChI=1S/C68H120O6/c1-4-7-10-13-16-19-22-25-27-29-31-33-34-36-37-39-41-43-46-49-52-55-58-61-67(70)73-64-65(63-72-66(69)60-57-54-51-48-45-24-21-18-15-12-9-6-3)74-68(71)62-59-56-53-50-47-44-42-40-38-35-32-30-28-26-23-20-17-14-11-8-5-2/h8,11,17,20,22,25-26,28-29,31-32,35,65H,4-7,9-10,12-16,18-19,21,23-24,27,30,33-34,36-64H2,1-3H3/b11-8-,20-17-,25-22-,28-26-,31-29-,35-32-. The SMILES string of the molecule is CC/C=C\C/C=C\C/C=C\C/C=C\CCCCCCCCCCC(=O)OC(COC(=O)CCCCCCCCCCCCCC)COC(=O)CCCCCCCCCCCCC/C=C\C/C=C\CCCCCCC. The summed E-state index contributed by atoms with van der Waals surface area (Å²) in [7, 11) is 0. The van der Waals surface area contributed by atoms with E-state index in [1.165, 1.54) is 186 Å². The van der Waals surface area contributed by atoms with Gasteiger partial charge in [-0.2, -0.15) is 0 Å². The van der Waals surface area contributed by atoms with Crippen LogP contribution in [0.3, 0.4) is 0 Å². The van der Waals surface area contributed by atoms with Crippen LogP contribution in [0.4, 0.5) is 0 Å². The summed E-state index contributed by atoms with van der Waals surface area (Å²) < 4.78 is 16.9. The number of hydrogen-bond acceptors (Lipinski definition) is 6. The molecule has 0 amide bonds. The minimum absolute atomic E-state index is 0.0762. The molecule has 74 heavy (non-hydrogen) atoms. The summed E-state index contributed by atoms with van der Waals surface area (Å²) in [5, 5.41) is 0. The molecule has 0 rings (SSSR count). The van der Waals surface area contributed by atoms with Crippen LogP contribution >= 0.6 is 0 Å². The fourth-order valence-corrected chi connectivity index (χ4v) is 9.17. The summed E-state index contributed by atoms with van der Waals surface area (Å²) in [6, 6.07) is 0. The highest BCUT2D eigenvalue weighted by Crippen LogP contribution is 2.17. The van der Waals surface area contributed by atoms with Crippen LogP contribution in [-0.2, 0) is 28.6 Å². The molecule has 0 aliphatic rings. The predicted octanol–water partition coefficient (Wildman–Crippen LogP) is 21.7. The Kier molecular flexibility index (Phi) is 59.7. The van der Waals surface area contributed by atoms with Gasteiger partial charge in [-0.15, -0.1) is 0 Å². The summed E-state index contributed by atoms with van der Waals surface area (Å²) >= 11 is 0. The van der Waals surface area contributed by atoms with Gasteiger partial charge in [0.05, 0.1) is 0 Å². The van der Waals surface area contributed by atoms with Gasteiger partial charge in [0.2, 0.25) is 0 Å². The molecule has 0 aliphatic heterocycles. The molecule has 0 saturated carbocycles. The van der Waals surface area contributed by atoms with Gasteiger partial charge in [-0.25, -0.2) is 0 Å². The third kappa shape index (κ3) is 59.7. The predicted molar refractivity (Wildman–Crippen MR) is 321 cm³/mol. The number of carbonyl (C=O) groups is 3. The van der Waals surface area contributed by atoms with E-state index in [9.17, 15) is 14.4 Å². The molecule has 0 N–H and O–H groups in total. The van der Waals surface area contributed by atoms with Crippen molar-refractivity contribution >= 4 is 17.9 Å². The zero-order chi connectivity index (χ0) is 53.6. The van der Waals surface area contributed by atoms with E-state index in [0.717, 1.165) is 96.3 Å². The lowest BCUT2D eigenvalue weighted by Gasteiger charge is -2.18. The Labute approximate surface area is 459 Å². The first-order valence-corrected chi connectivity index (χ1v) is 31.9. The summed E-state index contributed by atoms with van der Waals surface area (Å²) in [5.74, 6) is -0.872. The third-order valence-electron chi connectivity index (χ3n) is 13.9. The number of ether oxygens (including phenoxy) is 3. The molecule has 0 spiro atoms. The zero-order valence-electron chi connectivity index (χ0n) is 49.1. The third-order valence-corrected chi connectivity index (χ3v) is 13.9. The topological polar surface area (TPSA) is 78.9 Å². The minimum atomic E-state index is -0.780. The Balaban J connectivity index is 4.31. The molecular formula is C68H120O6. The Morgan fingerprint density at radius 2 is 0.527 bits per heavy atom. The second-order valence-electron chi connectivity index (χ2n) is 21.3. The molecule has 0 aromatic heterocycles. The largest absolute Gasteiger partial charge is 0.462 e. The molecule has 0 heterocycles. The Bertz CT molecular complexity index is 1370. The number of allylic oxidation sites excluding steroid dienone is 12. The second-order valence-corrected chi connectivity index (χ2v) is 21.3. The fraction of sp³-hybridized carbons (Fsp3) is 0.779. The van der Waals surface area contributed by atoms with Crippen LogP contribution in [0.5, 0.6) is 0 Å². The summed E-state index contributed by atoms with van der Waals surface area (Å²) in [4.78, 5) is 38.3. The molecule has 6 nitrogen and oxygen atoms in total. The van der Waals surface area contributed by atoms with Gasteiger partial charge in [0, 0.05) is 19.3 Å². The van der Waals surface area contributed by atoms with E-state index in [4.69, 9.17) is 14.2 Å². The van der Waals surface area contributed by atoms with E-state index >= 15 is 0 Å². The molecule has 0 fully saturated rings. The molecule has 1 unspecified atom stereocenters. The van der Waals surface area contributed by atoms with Gasteiger partial charge in [-0.3, -0.25) is 14.4 Å². The molecule has 0 bridgehead atoms. The second kappa shape index (κ2) is 62.4. The molecule has 428 valence electrons. The van der Waals surface area contributed by atoms with Crippen molar-refractivity contribution in [3.63, 3.8) is 0 Å². The summed E-state index contributed by atoms with van der Waals surface area (Å²) in [6.45, 7) is 6.54. The van der Waals surface area contributed by atoms with Gasteiger partial charge >= 0.3 is 17.9 Å². The number of rotatable bonds is 58. The van der Waals surface area contributed by atoms with Gasteiger partial charge in [0.15, 0.2) is 6.10 Å². The van der Waals surface area contributed by atoms with Crippen LogP contribution in [0.1, 0.15) is 323 Å². The number of esters is 3. The molecule has 0 aromatic rings. The highest BCUT2D eigenvalue weighted by atomic mass is 16.6. The van der Waals surface area contributed by atoms with Crippen LogP contribution in [-0.4, -0.2) is 37.2 Å². The van der Waals surface area contributed by atoms with Crippen molar-refractivity contribution in [3.8, 4) is 0 Å². The fourth-order valence-electron chi connectivity index (χ4n) is 9.17. The first-order valence-electron chi connectivity index (χ1n) is 31.9. The van der Waals surface area contributed by atoms with Crippen molar-refractivity contribution in [2.24, 2.45) is 0 Å². The Hall–Kier alpha value is -3.15. The van der Waals surface area contributed by atoms with Gasteiger partial charge in [0.25, 0.3) is 0 Å². The zero-order valence-corrected chi connectivity index (χ0v) is 49.1. The molecule has 0 aliphatic carbocycles. The number of hydrogen-bond donors (Lipinski definition) is 0. The highest BCUT2D eigenvalue weighted by molar-refractivity contribution is 5.71. The van der Waals surface area contributed by atoms with Crippen molar-refractivity contribution < 1.29 is 28.6 Å². The van der Waals surface area contributed by atoms with Gasteiger partial charge in [-0.05, 0) is 89.9 Å². The molecule has 0 radical (unpaired) electrons. The van der Waals surface area contributed by atoms with Crippen LogP contribution in [0, 0.1) is 0 Å². The first-order chi connectivity index (χ1) is 36.5. The summed E-state index contributed by atoms with van der Waals surface area (Å²) in [6.07, 6.45) is 80.5. The van der Waals surface area contributed by atoms with Gasteiger partial charge in [0.1, 0.15) is 13.2 Å². The van der Waals surface area contributed by atoms with Gasteiger partial charge in [-0.1, -0.05) is 286 Å². The molecule has 1 atom stereocenters.